The number of nitrogens with one attached hydrogen (secondary N) is 3. The van der Waals surface area contributed by atoms with Crippen molar-refractivity contribution < 1.29 is 49.7 Å². The van der Waals surface area contributed by atoms with Crippen LogP contribution in [0.3, 0.4) is 0 Å². The quantitative estimate of drug-likeness (QED) is 0.258. The molecule has 0 aromatic carbocycles. The lowest BCUT2D eigenvalue weighted by Crippen LogP contribution is -2.38. The largest absolute Gasteiger partial charge is 0.408 e. The Kier molecular flexibility index (Phi) is 11.4. The van der Waals surface area contributed by atoms with Crippen LogP contribution in [0, 0.1) is 5.92 Å². The number of hydrogen-bond acceptors (Lipinski definition) is 8. The lowest BCUT2D eigenvalue weighted by atomic mass is 9.97. The molecule has 3 aromatic rings. The molecule has 5 rings (SSSR count). The molecule has 248 valence electrons. The van der Waals surface area contributed by atoms with Gasteiger partial charge in [0.2, 0.25) is 23.9 Å². The monoisotopic (exact) mass is 652 g/mol. The van der Waals surface area contributed by atoms with Crippen molar-refractivity contribution in [2.45, 2.75) is 82.5 Å². The maximum Gasteiger partial charge on any atom is 0.408 e. The SMILES string of the molecule is CC(F)(F)c1nonc1C(=O)NCc1cn2ncc(C[C@H]3CC(C(F)(F)F)NC3=O)cc2n1.CNC=O.FC1(F)CCCCC1. The van der Waals surface area contributed by atoms with Gasteiger partial charge in [-0.1, -0.05) is 6.42 Å². The Morgan fingerprint density at radius 3 is 2.38 bits per heavy atom. The van der Waals surface area contributed by atoms with E-state index in [0.717, 1.165) is 6.42 Å². The second kappa shape index (κ2) is 14.6. The van der Waals surface area contributed by atoms with Gasteiger partial charge in [0, 0.05) is 32.7 Å². The van der Waals surface area contributed by atoms with Gasteiger partial charge in [-0.05, 0) is 47.6 Å². The molecule has 19 heteroatoms. The number of amides is 3. The summed E-state index contributed by atoms with van der Waals surface area (Å²) in [7, 11) is 1.56. The van der Waals surface area contributed by atoms with E-state index in [1.54, 1.807) is 13.1 Å². The smallest absolute Gasteiger partial charge is 0.362 e. The molecule has 3 amide bonds. The van der Waals surface area contributed by atoms with E-state index in [1.807, 2.05) is 5.32 Å². The van der Waals surface area contributed by atoms with Crippen molar-refractivity contribution in [2.75, 3.05) is 7.05 Å². The summed E-state index contributed by atoms with van der Waals surface area (Å²) in [6, 6.07) is -0.314. The zero-order valence-electron chi connectivity index (χ0n) is 24.1. The number of alkyl halides is 7. The number of aromatic nitrogens is 5. The van der Waals surface area contributed by atoms with E-state index in [1.165, 1.54) is 16.9 Å². The third kappa shape index (κ3) is 10.1. The molecule has 3 aromatic heterocycles. The Hall–Kier alpha value is -4.32. The molecular weight excluding hydrogens is 621 g/mol. The van der Waals surface area contributed by atoms with Crippen LogP contribution in [0.25, 0.3) is 5.65 Å². The molecule has 1 unspecified atom stereocenters. The van der Waals surface area contributed by atoms with Crippen molar-refractivity contribution in [1.29, 1.82) is 0 Å². The van der Waals surface area contributed by atoms with Gasteiger partial charge in [0.25, 0.3) is 11.8 Å². The minimum atomic E-state index is -4.51. The Morgan fingerprint density at radius 1 is 1.18 bits per heavy atom. The molecule has 0 spiro atoms. The first-order chi connectivity index (χ1) is 21.0. The fraction of sp³-hybridized carbons (Fsp3) is 0.577. The molecule has 0 bridgehead atoms. The van der Waals surface area contributed by atoms with Crippen LogP contribution in [0.4, 0.5) is 30.7 Å². The molecule has 1 saturated heterocycles. The van der Waals surface area contributed by atoms with Gasteiger partial charge in [0.15, 0.2) is 11.3 Å². The van der Waals surface area contributed by atoms with Crippen LogP contribution in [0.5, 0.6) is 0 Å². The van der Waals surface area contributed by atoms with Crippen molar-refractivity contribution in [3.63, 3.8) is 0 Å². The zero-order chi connectivity index (χ0) is 33.4. The number of rotatable bonds is 7. The first-order valence-corrected chi connectivity index (χ1v) is 13.7. The molecule has 12 nitrogen and oxygen atoms in total. The normalized spacial score (nSPS) is 19.4. The molecule has 3 N–H and O–H groups in total. The molecule has 2 fully saturated rings. The van der Waals surface area contributed by atoms with Crippen molar-refractivity contribution in [3.05, 3.63) is 41.1 Å². The highest BCUT2D eigenvalue weighted by Crippen LogP contribution is 2.33. The lowest BCUT2D eigenvalue weighted by Gasteiger charge is -2.20. The van der Waals surface area contributed by atoms with Crippen molar-refractivity contribution in [2.24, 2.45) is 5.92 Å². The van der Waals surface area contributed by atoms with Crippen LogP contribution in [-0.4, -0.2) is 68.3 Å². The number of carbonyl (C=O) groups is 3. The second-order valence-electron chi connectivity index (χ2n) is 10.5. The average molecular weight is 653 g/mol. The minimum Gasteiger partial charge on any atom is -0.362 e. The highest BCUT2D eigenvalue weighted by molar-refractivity contribution is 5.93. The van der Waals surface area contributed by atoms with Crippen LogP contribution in [0.15, 0.2) is 23.1 Å². The molecule has 0 radical (unpaired) electrons. The van der Waals surface area contributed by atoms with Gasteiger partial charge in [0.05, 0.1) is 24.6 Å². The summed E-state index contributed by atoms with van der Waals surface area (Å²) in [5, 5.41) is 16.9. The molecule has 4 heterocycles. The summed E-state index contributed by atoms with van der Waals surface area (Å²) in [6.07, 6.45) is 1.34. The van der Waals surface area contributed by atoms with E-state index in [9.17, 15) is 40.3 Å². The maximum absolute atomic E-state index is 13.5. The molecule has 2 atom stereocenters. The van der Waals surface area contributed by atoms with E-state index in [4.69, 9.17) is 4.79 Å². The van der Waals surface area contributed by atoms with E-state index >= 15 is 0 Å². The molecular formula is C26H31F7N8O4. The molecule has 1 aliphatic heterocycles. The molecule has 45 heavy (non-hydrogen) atoms. The van der Waals surface area contributed by atoms with Crippen LogP contribution >= 0.6 is 0 Å². The summed E-state index contributed by atoms with van der Waals surface area (Å²) in [5.41, 5.74) is -0.393. The standard InChI is InChI=1S/C18H16F5N7O3.C6H10F2.C2H5NO/c1-17(19,20)14-13(28-33-29-14)16(32)24-6-10-7-30-12(26-10)3-8(5-25-30)2-9-4-11(18(21,22)23)27-15(9)31;7-6(8)4-2-1-3-5-6;1-3-2-4/h3,5,7,9,11H,2,4,6H2,1H3,(H,24,32)(H,27,31);1-5H2;2H,1H3,(H,3,4)/t9-,11?;;/m0../s1. The third-order valence-electron chi connectivity index (χ3n) is 6.76. The first-order valence-electron chi connectivity index (χ1n) is 13.7. The van der Waals surface area contributed by atoms with Crippen molar-refractivity contribution >= 4 is 23.9 Å². The number of carbonyl (C=O) groups excluding carboxylic acids is 3. The van der Waals surface area contributed by atoms with Gasteiger partial charge >= 0.3 is 6.18 Å². The van der Waals surface area contributed by atoms with Crippen LogP contribution in [0.2, 0.25) is 0 Å². The molecule has 2 aliphatic rings. The maximum atomic E-state index is 13.5. The van der Waals surface area contributed by atoms with E-state index in [0.29, 0.717) is 43.1 Å². The third-order valence-corrected chi connectivity index (χ3v) is 6.76. The highest BCUT2D eigenvalue weighted by Gasteiger charge is 2.47. The van der Waals surface area contributed by atoms with Gasteiger partial charge in [0.1, 0.15) is 6.04 Å². The predicted octanol–water partition coefficient (Wildman–Crippen LogP) is 3.71. The highest BCUT2D eigenvalue weighted by atomic mass is 19.4. The predicted molar refractivity (Wildman–Crippen MR) is 141 cm³/mol. The zero-order valence-corrected chi connectivity index (χ0v) is 24.1. The lowest BCUT2D eigenvalue weighted by molar-refractivity contribution is -0.154. The molecule has 1 aliphatic carbocycles. The minimum absolute atomic E-state index is 0.0496. The topological polar surface area (TPSA) is 156 Å². The van der Waals surface area contributed by atoms with Crippen LogP contribution < -0.4 is 16.0 Å². The summed E-state index contributed by atoms with van der Waals surface area (Å²) in [4.78, 5) is 37.3. The summed E-state index contributed by atoms with van der Waals surface area (Å²) < 4.78 is 95.4. The first kappa shape index (κ1) is 35.2. The van der Waals surface area contributed by atoms with E-state index in [-0.39, 0.29) is 32.2 Å². The van der Waals surface area contributed by atoms with Gasteiger partial charge in [-0.15, -0.1) is 0 Å². The number of hydrogen-bond donors (Lipinski definition) is 3. The van der Waals surface area contributed by atoms with Crippen molar-refractivity contribution in [1.82, 2.24) is 40.9 Å². The van der Waals surface area contributed by atoms with Crippen molar-refractivity contribution in [3.8, 4) is 0 Å². The van der Waals surface area contributed by atoms with E-state index in [2.05, 4.69) is 35.7 Å². The van der Waals surface area contributed by atoms with E-state index < -0.39 is 53.2 Å². The van der Waals surface area contributed by atoms with Gasteiger partial charge in [-0.2, -0.15) is 27.1 Å². The second-order valence-corrected chi connectivity index (χ2v) is 10.5. The summed E-state index contributed by atoms with van der Waals surface area (Å²) in [5.74, 6) is -8.21. The Morgan fingerprint density at radius 2 is 1.84 bits per heavy atom. The average Bonchev–Trinajstić information content (AvgIpc) is 3.70. The number of halogens is 7. The van der Waals surface area contributed by atoms with Gasteiger partial charge in [-0.25, -0.2) is 22.9 Å². The van der Waals surface area contributed by atoms with Gasteiger partial charge in [-0.3, -0.25) is 14.4 Å². The van der Waals surface area contributed by atoms with Crippen LogP contribution in [0.1, 0.15) is 72.9 Å². The fourth-order valence-electron chi connectivity index (χ4n) is 4.53. The Balaban J connectivity index is 0.000000387. The summed E-state index contributed by atoms with van der Waals surface area (Å²) >= 11 is 0. The van der Waals surface area contributed by atoms with Gasteiger partial charge < -0.3 is 16.0 Å². The Bertz CT molecular complexity index is 1450. The molecule has 1 saturated carbocycles. The summed E-state index contributed by atoms with van der Waals surface area (Å²) in [6.45, 7) is 0.393. The Labute approximate surface area is 251 Å². The fourth-order valence-corrected chi connectivity index (χ4v) is 4.53. The number of nitrogens with zero attached hydrogens (tertiary/aromatic N) is 5. The number of fused-ring (bicyclic) bond motifs is 1. The number of imidazole rings is 1. The van der Waals surface area contributed by atoms with Crippen LogP contribution in [-0.2, 0) is 28.5 Å².